The largest absolute Gasteiger partial charge is 0.416 e. The van der Waals surface area contributed by atoms with Crippen LogP contribution in [0.5, 0.6) is 0 Å². The number of fused-ring (bicyclic) bond motifs is 1. The van der Waals surface area contributed by atoms with Crippen LogP contribution in [0.25, 0.3) is 0 Å². The molecule has 1 aliphatic rings. The molecule has 1 heterocycles. The lowest BCUT2D eigenvalue weighted by Crippen LogP contribution is -2.38. The van der Waals surface area contributed by atoms with Crippen molar-refractivity contribution in [3.05, 3.63) is 23.8 Å². The van der Waals surface area contributed by atoms with Crippen molar-refractivity contribution in [2.75, 3.05) is 5.32 Å². The summed E-state index contributed by atoms with van der Waals surface area (Å²) in [6.07, 6.45) is -3.70. The molecule has 2 amide bonds. The van der Waals surface area contributed by atoms with Crippen molar-refractivity contribution in [1.82, 2.24) is 5.32 Å². The molecule has 1 aromatic rings. The molecule has 4 nitrogen and oxygen atoms in total. The van der Waals surface area contributed by atoms with Gasteiger partial charge in [-0.1, -0.05) is 6.92 Å². The summed E-state index contributed by atoms with van der Waals surface area (Å²) in [7, 11) is 0. The van der Waals surface area contributed by atoms with E-state index in [1.54, 1.807) is 0 Å². The molecule has 0 unspecified atom stereocenters. The maximum Gasteiger partial charge on any atom is 0.416 e. The minimum absolute atomic E-state index is 0.0126. The van der Waals surface area contributed by atoms with Gasteiger partial charge in [0.1, 0.15) is 0 Å². The first kappa shape index (κ1) is 17.7. The van der Waals surface area contributed by atoms with E-state index in [9.17, 15) is 22.8 Å². The maximum absolute atomic E-state index is 12.7. The van der Waals surface area contributed by atoms with Crippen LogP contribution in [0, 0.1) is 0 Å². The van der Waals surface area contributed by atoms with Gasteiger partial charge in [0.2, 0.25) is 11.8 Å². The highest BCUT2D eigenvalue weighted by molar-refractivity contribution is 8.01. The molecule has 0 spiro atoms. The van der Waals surface area contributed by atoms with E-state index in [4.69, 9.17) is 0 Å². The highest BCUT2D eigenvalue weighted by Crippen LogP contribution is 2.40. The summed E-state index contributed by atoms with van der Waals surface area (Å²) in [6, 6.07) is 3.22. The van der Waals surface area contributed by atoms with E-state index in [-0.39, 0.29) is 24.1 Å². The van der Waals surface area contributed by atoms with E-state index in [0.29, 0.717) is 4.90 Å². The minimum atomic E-state index is -4.46. The lowest BCUT2D eigenvalue weighted by Gasteiger charge is -2.25. The Hall–Kier alpha value is -1.70. The van der Waals surface area contributed by atoms with Gasteiger partial charge in [0.05, 0.1) is 16.5 Å². The van der Waals surface area contributed by atoms with E-state index in [1.165, 1.54) is 6.07 Å². The van der Waals surface area contributed by atoms with Gasteiger partial charge in [-0.2, -0.15) is 13.2 Å². The minimum Gasteiger partial charge on any atom is -0.354 e. The van der Waals surface area contributed by atoms with Gasteiger partial charge in [-0.3, -0.25) is 9.59 Å². The zero-order valence-corrected chi connectivity index (χ0v) is 13.5. The molecule has 0 aromatic heterocycles. The van der Waals surface area contributed by atoms with Crippen LogP contribution in [0.3, 0.4) is 0 Å². The molecule has 8 heteroatoms. The van der Waals surface area contributed by atoms with Crippen LogP contribution >= 0.6 is 11.8 Å². The molecule has 2 N–H and O–H groups in total. The van der Waals surface area contributed by atoms with Crippen molar-refractivity contribution in [3.63, 3.8) is 0 Å². The second-order valence-electron chi connectivity index (χ2n) is 5.39. The molecule has 0 saturated heterocycles. The fourth-order valence-corrected chi connectivity index (χ4v) is 3.16. The normalized spacial score (nSPS) is 18.8. The van der Waals surface area contributed by atoms with Crippen LogP contribution in [-0.4, -0.2) is 23.1 Å². The second-order valence-corrected chi connectivity index (χ2v) is 6.63. The van der Waals surface area contributed by atoms with Gasteiger partial charge in [-0.25, -0.2) is 0 Å². The Bertz CT molecular complexity index is 619. The number of hydrogen-bond donors (Lipinski definition) is 2. The number of anilines is 1. The van der Waals surface area contributed by atoms with Gasteiger partial charge in [-0.05, 0) is 31.5 Å². The fourth-order valence-electron chi connectivity index (χ4n) is 2.07. The molecule has 1 aliphatic heterocycles. The Labute approximate surface area is 136 Å². The Morgan fingerprint density at radius 3 is 2.74 bits per heavy atom. The first-order valence-electron chi connectivity index (χ1n) is 7.18. The number of rotatable bonds is 4. The molecular weight excluding hydrogens is 329 g/mol. The van der Waals surface area contributed by atoms with E-state index in [0.717, 1.165) is 30.3 Å². The van der Waals surface area contributed by atoms with Crippen molar-refractivity contribution in [1.29, 1.82) is 0 Å². The van der Waals surface area contributed by atoms with Crippen LogP contribution in [-0.2, 0) is 15.8 Å². The predicted molar refractivity (Wildman–Crippen MR) is 82.2 cm³/mol. The maximum atomic E-state index is 12.7. The van der Waals surface area contributed by atoms with Crippen molar-refractivity contribution < 1.29 is 22.8 Å². The predicted octanol–water partition coefficient (Wildman–Crippen LogP) is 3.42. The molecule has 23 heavy (non-hydrogen) atoms. The second kappa shape index (κ2) is 6.82. The highest BCUT2D eigenvalue weighted by Gasteiger charge is 2.34. The third kappa shape index (κ3) is 4.40. The first-order chi connectivity index (χ1) is 10.7. The topological polar surface area (TPSA) is 58.2 Å². The summed E-state index contributed by atoms with van der Waals surface area (Å²) in [5.74, 6) is -0.705. The van der Waals surface area contributed by atoms with E-state index in [2.05, 4.69) is 10.6 Å². The molecule has 0 saturated carbocycles. The number of carbonyl (C=O) groups excluding carboxylic acids is 2. The number of nitrogens with one attached hydrogen (secondary N) is 2. The van der Waals surface area contributed by atoms with Crippen molar-refractivity contribution in [2.45, 2.75) is 49.1 Å². The summed E-state index contributed by atoms with van der Waals surface area (Å²) in [4.78, 5) is 24.4. The molecule has 0 radical (unpaired) electrons. The summed E-state index contributed by atoms with van der Waals surface area (Å²) in [5.41, 5.74) is -0.682. The summed E-state index contributed by atoms with van der Waals surface area (Å²) < 4.78 is 38.1. The van der Waals surface area contributed by atoms with Crippen LogP contribution in [0.4, 0.5) is 18.9 Å². The van der Waals surface area contributed by atoms with E-state index >= 15 is 0 Å². The standard InChI is InChI=1S/C15H17F3N2O2S/c1-3-8(2)19-13(21)7-12-14(22)20-10-6-9(15(16,17)18)4-5-11(10)23-12/h4-6,8,12H,3,7H2,1-2H3,(H,19,21)(H,20,22)/t8-,12+/m0/s1. The Kier molecular flexibility index (Phi) is 5.23. The quantitative estimate of drug-likeness (QED) is 0.878. The lowest BCUT2D eigenvalue weighted by atomic mass is 10.1. The summed E-state index contributed by atoms with van der Waals surface area (Å²) >= 11 is 1.11. The fraction of sp³-hybridized carbons (Fsp3) is 0.467. The number of carbonyl (C=O) groups is 2. The van der Waals surface area contributed by atoms with Crippen LogP contribution in [0.15, 0.2) is 23.1 Å². The highest BCUT2D eigenvalue weighted by atomic mass is 32.2. The SMILES string of the molecule is CC[C@H](C)NC(=O)C[C@H]1Sc2ccc(C(F)(F)F)cc2NC1=O. The average molecular weight is 346 g/mol. The van der Waals surface area contributed by atoms with Gasteiger partial charge >= 0.3 is 6.18 Å². The molecular formula is C15H17F3N2O2S. The molecule has 1 aromatic carbocycles. The summed E-state index contributed by atoms with van der Waals surface area (Å²) in [6.45, 7) is 3.79. The van der Waals surface area contributed by atoms with Crippen molar-refractivity contribution >= 4 is 29.3 Å². The zero-order valence-electron chi connectivity index (χ0n) is 12.7. The third-order valence-corrected chi connectivity index (χ3v) is 4.79. The van der Waals surface area contributed by atoms with Gasteiger partial charge in [-0.15, -0.1) is 11.8 Å². The van der Waals surface area contributed by atoms with Crippen LogP contribution in [0.1, 0.15) is 32.3 Å². The molecule has 0 bridgehead atoms. The Morgan fingerprint density at radius 2 is 2.13 bits per heavy atom. The molecule has 2 atom stereocenters. The number of thioether (sulfide) groups is 1. The molecule has 0 fully saturated rings. The molecule has 0 aliphatic carbocycles. The van der Waals surface area contributed by atoms with Crippen LogP contribution in [0.2, 0.25) is 0 Å². The molecule has 2 rings (SSSR count). The number of hydrogen-bond acceptors (Lipinski definition) is 3. The number of alkyl halides is 3. The van der Waals surface area contributed by atoms with Gasteiger partial charge in [0.15, 0.2) is 0 Å². The van der Waals surface area contributed by atoms with Crippen LogP contribution < -0.4 is 10.6 Å². The van der Waals surface area contributed by atoms with Gasteiger partial charge in [0, 0.05) is 17.4 Å². The van der Waals surface area contributed by atoms with Crippen molar-refractivity contribution in [2.24, 2.45) is 0 Å². The zero-order chi connectivity index (χ0) is 17.2. The number of halogens is 3. The summed E-state index contributed by atoms with van der Waals surface area (Å²) in [5, 5.41) is 4.57. The lowest BCUT2D eigenvalue weighted by molar-refractivity contribution is -0.137. The average Bonchev–Trinajstić information content (AvgIpc) is 2.46. The smallest absolute Gasteiger partial charge is 0.354 e. The van der Waals surface area contributed by atoms with E-state index < -0.39 is 22.9 Å². The monoisotopic (exact) mass is 346 g/mol. The van der Waals surface area contributed by atoms with Gasteiger partial charge < -0.3 is 10.6 Å². The van der Waals surface area contributed by atoms with Crippen molar-refractivity contribution in [3.8, 4) is 0 Å². The Balaban J connectivity index is 2.09. The number of amides is 2. The first-order valence-corrected chi connectivity index (χ1v) is 8.06. The third-order valence-electron chi connectivity index (χ3n) is 3.52. The Morgan fingerprint density at radius 1 is 1.43 bits per heavy atom. The van der Waals surface area contributed by atoms with Gasteiger partial charge in [0.25, 0.3) is 0 Å². The number of benzene rings is 1. The molecule has 126 valence electrons. The van der Waals surface area contributed by atoms with E-state index in [1.807, 2.05) is 13.8 Å².